The summed E-state index contributed by atoms with van der Waals surface area (Å²) in [5, 5.41) is 71.2. The lowest BCUT2D eigenvalue weighted by molar-refractivity contribution is -0.136. The summed E-state index contributed by atoms with van der Waals surface area (Å²) in [7, 11) is 0. The lowest BCUT2D eigenvalue weighted by Gasteiger charge is -2.30. The minimum atomic E-state index is -1.80. The zero-order chi connectivity index (χ0) is 69.9. The van der Waals surface area contributed by atoms with Crippen molar-refractivity contribution in [1.29, 1.82) is 5.41 Å². The first-order valence-corrected chi connectivity index (χ1v) is 35.8. The van der Waals surface area contributed by atoms with Crippen molar-refractivity contribution in [3.05, 3.63) is 45.6 Å². The van der Waals surface area contributed by atoms with Gasteiger partial charge in [0.05, 0.1) is 54.1 Å². The van der Waals surface area contributed by atoms with Gasteiger partial charge in [0.2, 0.25) is 41.9 Å². The Balaban J connectivity index is 1.04. The van der Waals surface area contributed by atoms with Crippen molar-refractivity contribution < 1.29 is 58.5 Å². The molecule has 18 N–H and O–H groups in total. The van der Waals surface area contributed by atoms with Crippen molar-refractivity contribution in [2.45, 2.75) is 198 Å². The first-order valence-electron chi connectivity index (χ1n) is 32.9. The highest BCUT2D eigenvalue weighted by Crippen LogP contribution is 2.41. The highest BCUT2D eigenvalue weighted by Gasteiger charge is 2.41. The Morgan fingerprint density at radius 3 is 2.24 bits per heavy atom. The maximum Gasteiger partial charge on any atom is 0.270 e. The Bertz CT molecular complexity index is 3020. The molecule has 528 valence electrons. The fourth-order valence-electron chi connectivity index (χ4n) is 11.6. The molecule has 0 radical (unpaired) electrons. The quantitative estimate of drug-likeness (QED) is 0.0327. The van der Waals surface area contributed by atoms with Crippen molar-refractivity contribution >= 4 is 106 Å². The van der Waals surface area contributed by atoms with Crippen LogP contribution in [0.3, 0.4) is 0 Å². The number of hydrogen-bond acceptors (Lipinski definition) is 22. The van der Waals surface area contributed by atoms with E-state index >= 15 is 0 Å². The number of nitrogens with zero attached hydrogens (tertiary/aromatic N) is 4. The first-order chi connectivity index (χ1) is 45.2. The molecule has 0 bridgehead atoms. The second-order valence-corrected chi connectivity index (χ2v) is 28.5. The maximum absolute atomic E-state index is 14.3. The Morgan fingerprint density at radius 1 is 0.842 bits per heavy atom. The van der Waals surface area contributed by atoms with Gasteiger partial charge < -0.3 is 85.0 Å². The third-order valence-electron chi connectivity index (χ3n) is 17.5. The van der Waals surface area contributed by atoms with Crippen LogP contribution < -0.4 is 59.3 Å². The van der Waals surface area contributed by atoms with Gasteiger partial charge in [0, 0.05) is 96.5 Å². The van der Waals surface area contributed by atoms with Crippen LogP contribution in [0.1, 0.15) is 166 Å². The molecule has 29 nitrogen and oxygen atoms in total. The third-order valence-corrected chi connectivity index (χ3v) is 21.3. The van der Waals surface area contributed by atoms with Gasteiger partial charge in [-0.05, 0) is 104 Å². The Hall–Kier alpha value is -6.68. The number of primary amides is 2. The minimum Gasteiger partial charge on any atom is -0.391 e. The minimum absolute atomic E-state index is 0.0167. The topological polar surface area (TPSA) is 465 Å². The van der Waals surface area contributed by atoms with E-state index < -0.39 is 94.6 Å². The number of thiazole rings is 1. The number of aliphatic hydroxyl groups is 3. The van der Waals surface area contributed by atoms with Gasteiger partial charge in [-0.2, -0.15) is 11.8 Å². The number of aliphatic hydroxyl groups excluding tert-OH is 3. The summed E-state index contributed by atoms with van der Waals surface area (Å²) in [5.41, 5.74) is 12.1. The van der Waals surface area contributed by atoms with E-state index in [-0.39, 0.29) is 84.3 Å². The number of rotatable bonds is 43. The number of amides is 9. The first kappa shape index (κ1) is 79.0. The predicted molar refractivity (Wildman–Crippen MR) is 367 cm³/mol. The van der Waals surface area contributed by atoms with Gasteiger partial charge in [-0.25, -0.2) is 15.0 Å². The normalized spacial score (nSPS) is 21.7. The summed E-state index contributed by atoms with van der Waals surface area (Å²) in [6, 6.07) is -5.14. The number of carbonyl (C=O) groups excluding carboxylic acids is 9. The van der Waals surface area contributed by atoms with Gasteiger partial charge in [0.25, 0.3) is 11.8 Å². The van der Waals surface area contributed by atoms with E-state index in [2.05, 4.69) is 81.6 Å². The Labute approximate surface area is 568 Å². The number of thioether (sulfide) groups is 2. The van der Waals surface area contributed by atoms with Crippen molar-refractivity contribution in [1.82, 2.24) is 62.8 Å². The van der Waals surface area contributed by atoms with Crippen molar-refractivity contribution in [2.24, 2.45) is 45.1 Å². The highest BCUT2D eigenvalue weighted by atomic mass is 32.2. The van der Waals surface area contributed by atoms with Crippen LogP contribution >= 0.6 is 34.9 Å². The van der Waals surface area contributed by atoms with Crippen LogP contribution in [0, 0.1) is 29.1 Å². The number of nitrogens with two attached hydrogens (primary N) is 2. The number of aliphatic imine (C=N–C) groups is 2. The van der Waals surface area contributed by atoms with Gasteiger partial charge in [-0.1, -0.05) is 40.5 Å². The molecular formula is C63H101N17O12S3. The molecule has 0 aromatic carbocycles. The van der Waals surface area contributed by atoms with E-state index in [0.29, 0.717) is 78.9 Å². The number of hydrogen-bond donors (Lipinski definition) is 16. The second kappa shape index (κ2) is 39.5. The van der Waals surface area contributed by atoms with E-state index in [4.69, 9.17) is 21.9 Å². The lowest BCUT2D eigenvalue weighted by atomic mass is 9.82. The zero-order valence-electron chi connectivity index (χ0n) is 55.8. The molecule has 1 fully saturated rings. The van der Waals surface area contributed by atoms with Crippen molar-refractivity contribution in [3.8, 4) is 0 Å². The molecule has 95 heavy (non-hydrogen) atoms. The molecule has 14 unspecified atom stereocenters. The molecule has 2 aromatic heterocycles. The van der Waals surface area contributed by atoms with E-state index in [9.17, 15) is 58.5 Å². The molecule has 0 aliphatic carbocycles. The summed E-state index contributed by atoms with van der Waals surface area (Å²) in [4.78, 5) is 136. The zero-order valence-corrected chi connectivity index (χ0v) is 58.3. The average Bonchev–Trinajstić information content (AvgIpc) is 1.76. The van der Waals surface area contributed by atoms with E-state index in [1.807, 2.05) is 25.6 Å². The van der Waals surface area contributed by atoms with Gasteiger partial charge in [-0.3, -0.25) is 48.1 Å². The molecule has 5 rings (SSSR count). The molecule has 5 heterocycles. The average molecular weight is 1380 g/mol. The number of aromatic amines is 1. The highest BCUT2D eigenvalue weighted by molar-refractivity contribution is 8.01. The number of unbranched alkanes of at least 4 members (excludes halogenated alkanes) is 2. The fraction of sp³-hybridized carbons (Fsp3) is 0.683. The molecule has 14 atom stereocenters. The Morgan fingerprint density at radius 2 is 1.57 bits per heavy atom. The van der Waals surface area contributed by atoms with Crippen LogP contribution in [0.4, 0.5) is 0 Å². The molecule has 32 heteroatoms. The smallest absolute Gasteiger partial charge is 0.270 e. The maximum atomic E-state index is 14.3. The van der Waals surface area contributed by atoms with Crippen molar-refractivity contribution in [3.63, 3.8) is 0 Å². The van der Waals surface area contributed by atoms with Crippen LogP contribution in [0.15, 0.2) is 39.2 Å². The van der Waals surface area contributed by atoms with Crippen LogP contribution in [0.5, 0.6) is 0 Å². The van der Waals surface area contributed by atoms with Gasteiger partial charge in [0.15, 0.2) is 0 Å². The summed E-state index contributed by atoms with van der Waals surface area (Å²) >= 11 is 4.78. The van der Waals surface area contributed by atoms with Gasteiger partial charge in [-0.15, -0.1) is 23.1 Å². The van der Waals surface area contributed by atoms with Gasteiger partial charge >= 0.3 is 0 Å². The number of aromatic nitrogens is 3. The number of carbonyl (C=O) groups is 9. The standard InChI is InChI=1S/C63H101N17O12S3/c1-9-34(3)50-43(74-33-81)29-93-46(50)16-11-12-17-49(85)70-22-14-13-20-67-21-15-23-71-58(89)44-30-94-62(77-44)45-31-95-63(8,80-45)19-25-72-59(90)53(38(7)82)78-57(88)36(5)55(86)37(6)75-61(92)54(56(87)42-28-68-32-73-42)79-60(91)52-35(4)51(66)39(10-2)26-41(76-52)40(27-48(65)84)69-24-18-47(64)83/h28,30,32-34,36-40,43,46,50,53-56,66-67,69,82,86-87H,9-27,29,31H2,1-8H3,(H2,64,83)(H2,65,84)(H,68,73)(H,70,85)(H,71,89)(H,72,90)(H,74,81)(H,75,92)(H,78,88)(H,79,91). The third kappa shape index (κ3) is 24.4. The molecule has 9 amide bonds. The van der Waals surface area contributed by atoms with E-state index in [0.717, 1.165) is 57.2 Å². The summed E-state index contributed by atoms with van der Waals surface area (Å²) in [6.45, 7) is 16.5. The van der Waals surface area contributed by atoms with E-state index in [1.165, 1.54) is 63.3 Å². The van der Waals surface area contributed by atoms with Crippen molar-refractivity contribution in [2.75, 3.05) is 50.8 Å². The molecule has 0 saturated carbocycles. The molecule has 2 aromatic rings. The fourth-order valence-corrected chi connectivity index (χ4v) is 15.3. The Kier molecular flexibility index (Phi) is 32.9. The molecule has 1 saturated heterocycles. The summed E-state index contributed by atoms with van der Waals surface area (Å²) < 4.78 is 0. The monoisotopic (exact) mass is 1380 g/mol. The van der Waals surface area contributed by atoms with Crippen LogP contribution in [0.2, 0.25) is 0 Å². The lowest BCUT2D eigenvalue weighted by Crippen LogP contribution is -2.58. The second-order valence-electron chi connectivity index (χ2n) is 24.9. The van der Waals surface area contributed by atoms with Crippen LogP contribution in [-0.4, -0.2) is 204 Å². The molecular weight excluding hydrogens is 1280 g/mol. The molecule has 3 aliphatic rings. The number of allylic oxidation sites excluding steroid dienone is 1. The van der Waals surface area contributed by atoms with E-state index in [1.54, 1.807) is 5.38 Å². The number of imidazole rings is 1. The number of nitrogens with one attached hydrogen (secondary N) is 11. The predicted octanol–water partition coefficient (Wildman–Crippen LogP) is 1.14. The number of H-pyrrole nitrogens is 1. The van der Waals surface area contributed by atoms with Crippen LogP contribution in [0.25, 0.3) is 0 Å². The summed E-state index contributed by atoms with van der Waals surface area (Å²) in [5.74, 6) is -4.39. The van der Waals surface area contributed by atoms with Crippen LogP contribution in [-0.2, 0) is 38.4 Å². The van der Waals surface area contributed by atoms with Gasteiger partial charge in [0.1, 0.15) is 39.5 Å². The molecule has 3 aliphatic heterocycles. The SMILES string of the molecule is CCC1CC(C(CC(N)=O)NCCC(N)=O)=NC(C(=O)NC(C(=O)NC(C)C(O)C(C)C(=O)NC(C(=O)NCCC2(C)N=C(c3nc(C(=O)NCCCNCCCCNC(=O)CCCCC4SCC(NC=O)C4C(C)CC)cs3)CS2)C(C)O)C(O)c2cnc[nH]2)=C(C)C1=N. The largest absolute Gasteiger partial charge is 0.391 e. The molecule has 0 spiro atoms. The summed E-state index contributed by atoms with van der Waals surface area (Å²) in [6.07, 6.45) is 6.05.